The van der Waals surface area contributed by atoms with E-state index in [0.29, 0.717) is 18.5 Å². The molecule has 3 rings (SSSR count). The van der Waals surface area contributed by atoms with Gasteiger partial charge in [-0.1, -0.05) is 30.3 Å². The molecule has 0 aromatic heterocycles. The third-order valence-corrected chi connectivity index (χ3v) is 4.49. The molecule has 2 atom stereocenters. The topological polar surface area (TPSA) is 44.4 Å². The standard InChI is InChI=1S/C17H25N3O/c21-17-9-8-15(19-17)11-18-16-7-4-10-20(13-16)12-14-5-2-1-3-6-14/h1-3,5-6,15-16,18H,4,7-13H2,(H,19,21). The summed E-state index contributed by atoms with van der Waals surface area (Å²) >= 11 is 0. The Morgan fingerprint density at radius 1 is 1.24 bits per heavy atom. The van der Waals surface area contributed by atoms with E-state index in [1.165, 1.54) is 24.9 Å². The van der Waals surface area contributed by atoms with Crippen LogP contribution in [0.2, 0.25) is 0 Å². The molecular weight excluding hydrogens is 262 g/mol. The minimum Gasteiger partial charge on any atom is -0.352 e. The molecule has 4 heteroatoms. The normalized spacial score (nSPS) is 26.8. The summed E-state index contributed by atoms with van der Waals surface area (Å²) in [6, 6.07) is 11.6. The average Bonchev–Trinajstić information content (AvgIpc) is 2.92. The second-order valence-corrected chi connectivity index (χ2v) is 6.27. The van der Waals surface area contributed by atoms with E-state index in [0.717, 1.165) is 26.1 Å². The zero-order valence-corrected chi connectivity index (χ0v) is 12.6. The van der Waals surface area contributed by atoms with Crippen molar-refractivity contribution >= 4 is 5.91 Å². The van der Waals surface area contributed by atoms with Gasteiger partial charge in [0.15, 0.2) is 0 Å². The Balaban J connectivity index is 1.43. The molecule has 2 heterocycles. The van der Waals surface area contributed by atoms with Gasteiger partial charge < -0.3 is 10.6 Å². The molecule has 114 valence electrons. The molecule has 2 saturated heterocycles. The Labute approximate surface area is 126 Å². The summed E-state index contributed by atoms with van der Waals surface area (Å²) in [7, 11) is 0. The fraction of sp³-hybridized carbons (Fsp3) is 0.588. The molecule has 2 fully saturated rings. The number of nitrogens with zero attached hydrogens (tertiary/aromatic N) is 1. The molecule has 2 unspecified atom stereocenters. The van der Waals surface area contributed by atoms with Gasteiger partial charge in [0.05, 0.1) is 0 Å². The van der Waals surface area contributed by atoms with Crippen LogP contribution in [0, 0.1) is 0 Å². The van der Waals surface area contributed by atoms with E-state index in [1.807, 2.05) is 0 Å². The van der Waals surface area contributed by atoms with Gasteiger partial charge in [-0.15, -0.1) is 0 Å². The monoisotopic (exact) mass is 287 g/mol. The predicted octanol–water partition coefficient (Wildman–Crippen LogP) is 1.52. The summed E-state index contributed by atoms with van der Waals surface area (Å²) in [4.78, 5) is 13.7. The summed E-state index contributed by atoms with van der Waals surface area (Å²) in [5, 5.41) is 6.67. The molecule has 0 bridgehead atoms. The fourth-order valence-electron chi connectivity index (χ4n) is 3.35. The van der Waals surface area contributed by atoms with Gasteiger partial charge in [0.25, 0.3) is 0 Å². The first-order valence-corrected chi connectivity index (χ1v) is 8.08. The van der Waals surface area contributed by atoms with Crippen LogP contribution in [0.15, 0.2) is 30.3 Å². The lowest BCUT2D eigenvalue weighted by atomic mass is 10.0. The zero-order valence-electron chi connectivity index (χ0n) is 12.6. The molecule has 1 aromatic rings. The van der Waals surface area contributed by atoms with E-state index in [9.17, 15) is 4.79 Å². The molecular formula is C17H25N3O. The van der Waals surface area contributed by atoms with Crippen LogP contribution in [0.5, 0.6) is 0 Å². The fourth-order valence-corrected chi connectivity index (χ4v) is 3.35. The van der Waals surface area contributed by atoms with Crippen molar-refractivity contribution < 1.29 is 4.79 Å². The van der Waals surface area contributed by atoms with E-state index in [4.69, 9.17) is 0 Å². The zero-order chi connectivity index (χ0) is 14.5. The van der Waals surface area contributed by atoms with E-state index in [1.54, 1.807) is 0 Å². The lowest BCUT2D eigenvalue weighted by Gasteiger charge is -2.33. The number of benzene rings is 1. The predicted molar refractivity (Wildman–Crippen MR) is 83.9 cm³/mol. The number of hydrogen-bond donors (Lipinski definition) is 2. The third kappa shape index (κ3) is 4.29. The van der Waals surface area contributed by atoms with Gasteiger partial charge in [0.1, 0.15) is 0 Å². The number of rotatable bonds is 5. The van der Waals surface area contributed by atoms with Crippen LogP contribution in [-0.2, 0) is 11.3 Å². The van der Waals surface area contributed by atoms with Gasteiger partial charge in [-0.2, -0.15) is 0 Å². The van der Waals surface area contributed by atoms with Crippen LogP contribution in [0.3, 0.4) is 0 Å². The number of piperidine rings is 1. The highest BCUT2D eigenvalue weighted by molar-refractivity contribution is 5.78. The van der Waals surface area contributed by atoms with Crippen LogP contribution in [0.4, 0.5) is 0 Å². The largest absolute Gasteiger partial charge is 0.352 e. The van der Waals surface area contributed by atoms with Crippen LogP contribution >= 0.6 is 0 Å². The van der Waals surface area contributed by atoms with Crippen LogP contribution in [0.1, 0.15) is 31.2 Å². The summed E-state index contributed by atoms with van der Waals surface area (Å²) in [5.41, 5.74) is 1.39. The van der Waals surface area contributed by atoms with Crippen molar-refractivity contribution in [2.24, 2.45) is 0 Å². The third-order valence-electron chi connectivity index (χ3n) is 4.49. The molecule has 0 spiro atoms. The second kappa shape index (κ2) is 7.05. The molecule has 0 aliphatic carbocycles. The van der Waals surface area contributed by atoms with E-state index in [2.05, 4.69) is 45.9 Å². The Hall–Kier alpha value is -1.39. The number of amides is 1. The summed E-state index contributed by atoms with van der Waals surface area (Å²) < 4.78 is 0. The molecule has 1 aromatic carbocycles. The number of likely N-dealkylation sites (tertiary alicyclic amines) is 1. The van der Waals surface area contributed by atoms with Crippen LogP contribution < -0.4 is 10.6 Å². The number of carbonyl (C=O) groups is 1. The lowest BCUT2D eigenvalue weighted by molar-refractivity contribution is -0.119. The van der Waals surface area contributed by atoms with Crippen LogP contribution in [-0.4, -0.2) is 42.5 Å². The Morgan fingerprint density at radius 2 is 2.10 bits per heavy atom. The Bertz CT molecular complexity index is 462. The summed E-state index contributed by atoms with van der Waals surface area (Å²) in [6.45, 7) is 4.25. The SMILES string of the molecule is O=C1CCC(CNC2CCCN(Cc3ccccc3)C2)N1. The number of nitrogens with one attached hydrogen (secondary N) is 2. The quantitative estimate of drug-likeness (QED) is 0.863. The van der Waals surface area contributed by atoms with Crippen molar-refractivity contribution in [2.75, 3.05) is 19.6 Å². The first kappa shape index (κ1) is 14.5. The van der Waals surface area contributed by atoms with Crippen molar-refractivity contribution in [2.45, 2.75) is 44.3 Å². The van der Waals surface area contributed by atoms with E-state index >= 15 is 0 Å². The molecule has 4 nitrogen and oxygen atoms in total. The van der Waals surface area contributed by atoms with Gasteiger partial charge in [-0.25, -0.2) is 0 Å². The number of carbonyl (C=O) groups excluding carboxylic acids is 1. The molecule has 0 saturated carbocycles. The smallest absolute Gasteiger partial charge is 0.220 e. The van der Waals surface area contributed by atoms with Crippen molar-refractivity contribution in [1.29, 1.82) is 0 Å². The maximum Gasteiger partial charge on any atom is 0.220 e. The highest BCUT2D eigenvalue weighted by atomic mass is 16.1. The molecule has 2 N–H and O–H groups in total. The van der Waals surface area contributed by atoms with Gasteiger partial charge in [-0.05, 0) is 31.4 Å². The minimum atomic E-state index is 0.205. The van der Waals surface area contributed by atoms with Gasteiger partial charge in [0.2, 0.25) is 5.91 Å². The number of hydrogen-bond acceptors (Lipinski definition) is 3. The maximum absolute atomic E-state index is 11.2. The van der Waals surface area contributed by atoms with Crippen molar-refractivity contribution in [3.8, 4) is 0 Å². The average molecular weight is 287 g/mol. The second-order valence-electron chi connectivity index (χ2n) is 6.27. The van der Waals surface area contributed by atoms with E-state index in [-0.39, 0.29) is 5.91 Å². The van der Waals surface area contributed by atoms with Gasteiger partial charge in [-0.3, -0.25) is 9.69 Å². The lowest BCUT2D eigenvalue weighted by Crippen LogP contribution is -2.48. The van der Waals surface area contributed by atoms with Gasteiger partial charge in [0, 0.05) is 38.1 Å². The summed E-state index contributed by atoms with van der Waals surface area (Å²) in [5.74, 6) is 0.205. The molecule has 0 radical (unpaired) electrons. The van der Waals surface area contributed by atoms with E-state index < -0.39 is 0 Å². The first-order valence-electron chi connectivity index (χ1n) is 8.08. The molecule has 21 heavy (non-hydrogen) atoms. The Kier molecular flexibility index (Phi) is 4.88. The maximum atomic E-state index is 11.2. The molecule has 2 aliphatic heterocycles. The molecule has 1 amide bonds. The van der Waals surface area contributed by atoms with Crippen molar-refractivity contribution in [3.05, 3.63) is 35.9 Å². The van der Waals surface area contributed by atoms with Crippen molar-refractivity contribution in [1.82, 2.24) is 15.5 Å². The summed E-state index contributed by atoms with van der Waals surface area (Å²) in [6.07, 6.45) is 4.16. The van der Waals surface area contributed by atoms with Crippen molar-refractivity contribution in [3.63, 3.8) is 0 Å². The first-order chi connectivity index (χ1) is 10.3. The van der Waals surface area contributed by atoms with Gasteiger partial charge >= 0.3 is 0 Å². The molecule has 2 aliphatic rings. The highest BCUT2D eigenvalue weighted by Gasteiger charge is 2.23. The highest BCUT2D eigenvalue weighted by Crippen LogP contribution is 2.14. The van der Waals surface area contributed by atoms with Crippen LogP contribution in [0.25, 0.3) is 0 Å². The minimum absolute atomic E-state index is 0.205. The Morgan fingerprint density at radius 3 is 2.86 bits per heavy atom.